The van der Waals surface area contributed by atoms with Crippen molar-refractivity contribution in [3.63, 3.8) is 0 Å². The Balaban J connectivity index is 1.33. The molecule has 7 heteroatoms. The van der Waals surface area contributed by atoms with E-state index in [1.165, 1.54) is 17.7 Å². The van der Waals surface area contributed by atoms with E-state index in [2.05, 4.69) is 23.4 Å². The first kappa shape index (κ1) is 23.0. The van der Waals surface area contributed by atoms with Gasteiger partial charge in [-0.25, -0.2) is 9.37 Å². The summed E-state index contributed by atoms with van der Waals surface area (Å²) in [5.41, 5.74) is 5.23. The third-order valence-electron chi connectivity index (χ3n) is 6.59. The van der Waals surface area contributed by atoms with Crippen molar-refractivity contribution < 1.29 is 9.18 Å². The maximum absolute atomic E-state index is 13.1. The number of carbonyl (C=O) groups is 1. The lowest BCUT2D eigenvalue weighted by atomic mass is 9.84. The Kier molecular flexibility index (Phi) is 6.49. The molecule has 1 aliphatic heterocycles. The molecule has 1 atom stereocenters. The fourth-order valence-electron chi connectivity index (χ4n) is 4.49. The van der Waals surface area contributed by atoms with Gasteiger partial charge in [0.15, 0.2) is 0 Å². The average Bonchev–Trinajstić information content (AvgIpc) is 3.20. The number of hydrogen-bond acceptors (Lipinski definition) is 4. The normalized spacial score (nSPS) is 17.4. The smallest absolute Gasteiger partial charge is 0.226 e. The monoisotopic (exact) mass is 449 g/mol. The third-order valence-corrected chi connectivity index (χ3v) is 6.59. The van der Waals surface area contributed by atoms with Crippen LogP contribution in [0, 0.1) is 12.7 Å². The summed E-state index contributed by atoms with van der Waals surface area (Å²) in [7, 11) is 3.76. The van der Waals surface area contributed by atoms with Gasteiger partial charge in [0, 0.05) is 49.2 Å². The van der Waals surface area contributed by atoms with Crippen LogP contribution in [0.3, 0.4) is 0 Å². The maximum atomic E-state index is 13.1. The third kappa shape index (κ3) is 5.41. The van der Waals surface area contributed by atoms with E-state index in [4.69, 9.17) is 4.98 Å². The number of rotatable bonds is 7. The molecule has 3 aromatic rings. The molecule has 3 heterocycles. The van der Waals surface area contributed by atoms with E-state index < -0.39 is 0 Å². The second-order valence-electron chi connectivity index (χ2n) is 9.44. The molecule has 0 saturated heterocycles. The number of hydrogen-bond donors (Lipinski definition) is 1. The topological polar surface area (TPSA) is 63.1 Å². The number of likely N-dealkylation sites (N-methyl/N-ethyl adjacent to an activating group) is 1. The maximum Gasteiger partial charge on any atom is 0.226 e. The van der Waals surface area contributed by atoms with Crippen LogP contribution in [0.2, 0.25) is 0 Å². The summed E-state index contributed by atoms with van der Waals surface area (Å²) in [5, 5.41) is 7.96. The van der Waals surface area contributed by atoms with Crippen molar-refractivity contribution in [2.45, 2.75) is 51.5 Å². The van der Waals surface area contributed by atoms with Gasteiger partial charge < -0.3 is 10.2 Å². The lowest BCUT2D eigenvalue weighted by molar-refractivity contribution is -0.129. The molecule has 2 aromatic heterocycles. The minimum atomic E-state index is -0.285. The standard InChI is InChI=1S/C26H32FN5O/c1-18-23(21-16-28-32(4)17-21)15-20-10-12-26(2,30-25(20)29-18)11-5-13-31(3)24(33)14-19-6-8-22(27)9-7-19/h6-9,15-17H,5,10-14H2,1-4H3,(H,29,30)/t26-/m0/s1. The van der Waals surface area contributed by atoms with Gasteiger partial charge >= 0.3 is 0 Å². The van der Waals surface area contributed by atoms with Gasteiger partial charge in [-0.1, -0.05) is 12.1 Å². The zero-order valence-corrected chi connectivity index (χ0v) is 19.9. The average molecular weight is 450 g/mol. The fraction of sp³-hybridized carbons (Fsp3) is 0.423. The highest BCUT2D eigenvalue weighted by Gasteiger charge is 2.30. The largest absolute Gasteiger partial charge is 0.365 e. The number of fused-ring (bicyclic) bond motifs is 1. The SMILES string of the molecule is Cc1nc2c(cc1-c1cnn(C)c1)CC[C@](C)(CCCN(C)C(=O)Cc1ccc(F)cc1)N2. The van der Waals surface area contributed by atoms with E-state index in [9.17, 15) is 9.18 Å². The van der Waals surface area contributed by atoms with Crippen LogP contribution in [0.1, 0.15) is 43.0 Å². The zero-order valence-electron chi connectivity index (χ0n) is 19.9. The molecule has 1 aromatic carbocycles. The van der Waals surface area contributed by atoms with Gasteiger partial charge in [0.05, 0.1) is 12.6 Å². The van der Waals surface area contributed by atoms with Crippen molar-refractivity contribution in [1.82, 2.24) is 19.7 Å². The molecule has 0 radical (unpaired) electrons. The van der Waals surface area contributed by atoms with E-state index in [1.807, 2.05) is 38.1 Å². The minimum Gasteiger partial charge on any atom is -0.365 e. The van der Waals surface area contributed by atoms with Crippen molar-refractivity contribution in [2.75, 3.05) is 18.9 Å². The molecule has 174 valence electrons. The van der Waals surface area contributed by atoms with Gasteiger partial charge in [0.1, 0.15) is 11.6 Å². The number of nitrogens with one attached hydrogen (secondary N) is 1. The number of halogens is 1. The first-order valence-electron chi connectivity index (χ1n) is 11.5. The molecule has 1 N–H and O–H groups in total. The van der Waals surface area contributed by atoms with E-state index >= 15 is 0 Å². The summed E-state index contributed by atoms with van der Waals surface area (Å²) < 4.78 is 14.9. The highest BCUT2D eigenvalue weighted by Crippen LogP contribution is 2.35. The number of anilines is 1. The Morgan fingerprint density at radius 3 is 2.76 bits per heavy atom. The van der Waals surface area contributed by atoms with Crippen LogP contribution in [0.25, 0.3) is 11.1 Å². The number of benzene rings is 1. The molecule has 4 rings (SSSR count). The van der Waals surface area contributed by atoms with Crippen LogP contribution in [-0.4, -0.2) is 44.7 Å². The summed E-state index contributed by atoms with van der Waals surface area (Å²) in [4.78, 5) is 19.2. The number of amides is 1. The van der Waals surface area contributed by atoms with Gasteiger partial charge in [-0.15, -0.1) is 0 Å². The molecular weight excluding hydrogens is 417 g/mol. The van der Waals surface area contributed by atoms with E-state index in [-0.39, 0.29) is 17.3 Å². The van der Waals surface area contributed by atoms with Crippen LogP contribution in [0.4, 0.5) is 10.2 Å². The predicted molar refractivity (Wildman–Crippen MR) is 128 cm³/mol. The summed E-state index contributed by atoms with van der Waals surface area (Å²) in [6.45, 7) is 4.97. The van der Waals surface area contributed by atoms with Crippen molar-refractivity contribution in [3.8, 4) is 11.1 Å². The number of carbonyl (C=O) groups excluding carboxylic acids is 1. The Labute approximate surface area is 194 Å². The first-order valence-corrected chi connectivity index (χ1v) is 11.5. The van der Waals surface area contributed by atoms with Crippen molar-refractivity contribution >= 4 is 11.7 Å². The molecule has 33 heavy (non-hydrogen) atoms. The lowest BCUT2D eigenvalue weighted by Crippen LogP contribution is -2.40. The minimum absolute atomic E-state index is 0.0499. The van der Waals surface area contributed by atoms with E-state index in [0.717, 1.165) is 53.9 Å². The van der Waals surface area contributed by atoms with Crippen LogP contribution < -0.4 is 5.32 Å². The van der Waals surface area contributed by atoms with Gasteiger partial charge in [0.25, 0.3) is 0 Å². The molecule has 1 aliphatic rings. The summed E-state index contributed by atoms with van der Waals surface area (Å²) in [6.07, 6.45) is 8.03. The first-order chi connectivity index (χ1) is 15.7. The van der Waals surface area contributed by atoms with E-state index in [1.54, 1.807) is 17.0 Å². The summed E-state index contributed by atoms with van der Waals surface area (Å²) in [6, 6.07) is 8.36. The van der Waals surface area contributed by atoms with Crippen LogP contribution in [0.5, 0.6) is 0 Å². The lowest BCUT2D eigenvalue weighted by Gasteiger charge is -2.37. The van der Waals surface area contributed by atoms with Crippen molar-refractivity contribution in [1.29, 1.82) is 0 Å². The Morgan fingerprint density at radius 2 is 2.06 bits per heavy atom. The Bertz CT molecular complexity index is 1140. The van der Waals surface area contributed by atoms with E-state index in [0.29, 0.717) is 13.0 Å². The zero-order chi connectivity index (χ0) is 23.6. The molecule has 0 spiro atoms. The molecule has 0 aliphatic carbocycles. The molecule has 0 unspecified atom stereocenters. The van der Waals surface area contributed by atoms with Crippen LogP contribution in [0.15, 0.2) is 42.7 Å². The number of aryl methyl sites for hydroxylation is 3. The predicted octanol–water partition coefficient (Wildman–Crippen LogP) is 4.53. The number of nitrogens with zero attached hydrogens (tertiary/aromatic N) is 4. The van der Waals surface area contributed by atoms with Gasteiger partial charge in [-0.2, -0.15) is 5.10 Å². The number of aromatic nitrogens is 3. The molecule has 0 fully saturated rings. The molecule has 0 bridgehead atoms. The van der Waals surface area contributed by atoms with Gasteiger partial charge in [0.2, 0.25) is 5.91 Å². The second-order valence-corrected chi connectivity index (χ2v) is 9.44. The highest BCUT2D eigenvalue weighted by molar-refractivity contribution is 5.78. The quantitative estimate of drug-likeness (QED) is 0.576. The fourth-order valence-corrected chi connectivity index (χ4v) is 4.49. The van der Waals surface area contributed by atoms with Crippen LogP contribution >= 0.6 is 0 Å². The Hall–Kier alpha value is -3.22. The second kappa shape index (κ2) is 9.33. The molecule has 1 amide bonds. The van der Waals surface area contributed by atoms with Crippen molar-refractivity contribution in [3.05, 3.63) is 65.4 Å². The number of pyridine rings is 1. The van der Waals surface area contributed by atoms with Gasteiger partial charge in [-0.3, -0.25) is 9.48 Å². The molecular formula is C26H32FN5O. The molecule has 0 saturated carbocycles. The summed E-state index contributed by atoms with van der Waals surface area (Å²) in [5.74, 6) is 0.732. The van der Waals surface area contributed by atoms with Gasteiger partial charge in [-0.05, 0) is 68.9 Å². The van der Waals surface area contributed by atoms with Crippen molar-refractivity contribution in [2.24, 2.45) is 7.05 Å². The summed E-state index contributed by atoms with van der Waals surface area (Å²) >= 11 is 0. The molecule has 6 nitrogen and oxygen atoms in total. The van der Waals surface area contributed by atoms with Crippen LogP contribution in [-0.2, 0) is 24.7 Å². The Morgan fingerprint density at radius 1 is 1.30 bits per heavy atom. The highest BCUT2D eigenvalue weighted by atomic mass is 19.1.